The van der Waals surface area contributed by atoms with Gasteiger partial charge in [0.25, 0.3) is 5.91 Å². The third-order valence-electron chi connectivity index (χ3n) is 7.64. The van der Waals surface area contributed by atoms with Gasteiger partial charge in [-0.25, -0.2) is 0 Å². The van der Waals surface area contributed by atoms with Crippen molar-refractivity contribution in [1.82, 2.24) is 10.2 Å². The Morgan fingerprint density at radius 3 is 2.50 bits per heavy atom. The average molecular weight is 508 g/mol. The van der Waals surface area contributed by atoms with E-state index in [0.29, 0.717) is 19.4 Å². The SMILES string of the molecule is CC1(C)C2CN(C(=O)COc3ccc(OC(F)(F)F)cc3)C(C(=O)NC(C#N)CC3CCCC3=O)C21. The number of fused-ring (bicyclic) bond motifs is 1. The van der Waals surface area contributed by atoms with Gasteiger partial charge in [0.2, 0.25) is 5.91 Å². The number of ketones is 1. The number of amides is 2. The van der Waals surface area contributed by atoms with Crippen molar-refractivity contribution < 1.29 is 37.0 Å². The maximum Gasteiger partial charge on any atom is 0.573 e. The van der Waals surface area contributed by atoms with Crippen molar-refractivity contribution in [3.63, 3.8) is 0 Å². The minimum atomic E-state index is -4.81. The molecule has 11 heteroatoms. The van der Waals surface area contributed by atoms with Crippen LogP contribution in [-0.4, -0.2) is 54.1 Å². The lowest BCUT2D eigenvalue weighted by atomic mass is 9.97. The van der Waals surface area contributed by atoms with Crippen LogP contribution in [0.5, 0.6) is 11.5 Å². The molecular weight excluding hydrogens is 479 g/mol. The molecule has 36 heavy (non-hydrogen) atoms. The standard InChI is InChI=1S/C25H28F3N3O5/c1-24(2)18-12-31(20(33)13-35-16-6-8-17(9-7-16)36-25(26,27)28)22(21(18)24)23(34)30-15(11-29)10-14-4-3-5-19(14)32/h6-9,14-15,18,21-22H,3-5,10,12-13H2,1-2H3,(H,30,34). The van der Waals surface area contributed by atoms with Crippen molar-refractivity contribution >= 4 is 17.6 Å². The fourth-order valence-electron chi connectivity index (χ4n) is 5.63. The van der Waals surface area contributed by atoms with Gasteiger partial charge in [-0.3, -0.25) is 14.4 Å². The Morgan fingerprint density at radius 1 is 1.25 bits per heavy atom. The van der Waals surface area contributed by atoms with Crippen molar-refractivity contribution in [2.75, 3.05) is 13.2 Å². The lowest BCUT2D eigenvalue weighted by Crippen LogP contribution is -2.53. The Kier molecular flexibility index (Phi) is 6.90. The smallest absolute Gasteiger partial charge is 0.484 e. The molecule has 5 atom stereocenters. The molecule has 5 unspecified atom stereocenters. The summed E-state index contributed by atoms with van der Waals surface area (Å²) in [5.74, 6) is -1.15. The molecule has 8 nitrogen and oxygen atoms in total. The van der Waals surface area contributed by atoms with Crippen molar-refractivity contribution in [2.45, 2.75) is 58.0 Å². The van der Waals surface area contributed by atoms with Crippen LogP contribution < -0.4 is 14.8 Å². The van der Waals surface area contributed by atoms with E-state index in [9.17, 15) is 32.8 Å². The first-order valence-electron chi connectivity index (χ1n) is 11.9. The molecule has 1 saturated heterocycles. The number of alkyl halides is 3. The highest BCUT2D eigenvalue weighted by atomic mass is 19.4. The van der Waals surface area contributed by atoms with Crippen LogP contribution in [0, 0.1) is 34.5 Å². The van der Waals surface area contributed by atoms with Gasteiger partial charge in [-0.15, -0.1) is 13.2 Å². The number of Topliss-reactive ketones (excluding diaryl/α,β-unsaturated/α-hetero) is 1. The summed E-state index contributed by atoms with van der Waals surface area (Å²) in [5, 5.41) is 12.3. The first kappa shape index (κ1) is 25.8. The topological polar surface area (TPSA) is 109 Å². The number of hydrogen-bond acceptors (Lipinski definition) is 6. The van der Waals surface area contributed by atoms with Gasteiger partial charge in [0, 0.05) is 18.9 Å². The number of nitrogens with one attached hydrogen (secondary N) is 1. The average Bonchev–Trinajstić information content (AvgIpc) is 3.16. The van der Waals surface area contributed by atoms with Crippen molar-refractivity contribution in [3.05, 3.63) is 24.3 Å². The number of carbonyl (C=O) groups is 3. The number of hydrogen-bond donors (Lipinski definition) is 1. The number of carbonyl (C=O) groups excluding carboxylic acids is 3. The van der Waals surface area contributed by atoms with E-state index >= 15 is 0 Å². The summed E-state index contributed by atoms with van der Waals surface area (Å²) in [6, 6.07) is 5.15. The highest BCUT2D eigenvalue weighted by molar-refractivity contribution is 5.90. The number of ether oxygens (including phenoxy) is 2. The van der Waals surface area contributed by atoms with E-state index in [1.165, 1.54) is 17.0 Å². The maximum absolute atomic E-state index is 13.2. The number of nitriles is 1. The number of rotatable bonds is 8. The van der Waals surface area contributed by atoms with Gasteiger partial charge >= 0.3 is 6.36 Å². The van der Waals surface area contributed by atoms with Gasteiger partial charge in [-0.1, -0.05) is 13.8 Å². The minimum absolute atomic E-state index is 0.0623. The molecule has 2 aliphatic carbocycles. The zero-order chi connectivity index (χ0) is 26.3. The number of piperidine rings is 1. The van der Waals surface area contributed by atoms with Gasteiger partial charge < -0.3 is 19.7 Å². The molecule has 1 heterocycles. The number of nitrogens with zero attached hydrogens (tertiary/aromatic N) is 2. The lowest BCUT2D eigenvalue weighted by molar-refractivity contribution is -0.274. The second-order valence-corrected chi connectivity index (χ2v) is 10.2. The Hall–Kier alpha value is -3.29. The highest BCUT2D eigenvalue weighted by Gasteiger charge is 2.69. The Bertz CT molecular complexity index is 1070. The molecular formula is C25H28F3N3O5. The molecule has 3 fully saturated rings. The monoisotopic (exact) mass is 507 g/mol. The third-order valence-corrected chi connectivity index (χ3v) is 7.64. The third kappa shape index (κ3) is 5.42. The molecule has 1 aromatic carbocycles. The molecule has 4 rings (SSSR count). The second kappa shape index (κ2) is 9.64. The van der Waals surface area contributed by atoms with E-state index < -0.39 is 42.6 Å². The van der Waals surface area contributed by atoms with Gasteiger partial charge in [0.15, 0.2) is 6.61 Å². The minimum Gasteiger partial charge on any atom is -0.484 e. The van der Waals surface area contributed by atoms with E-state index in [0.717, 1.165) is 18.6 Å². The van der Waals surface area contributed by atoms with E-state index in [-0.39, 0.29) is 41.1 Å². The number of halogens is 3. The van der Waals surface area contributed by atoms with Crippen molar-refractivity contribution in [1.29, 1.82) is 5.26 Å². The molecule has 3 aliphatic rings. The van der Waals surface area contributed by atoms with Crippen molar-refractivity contribution in [2.24, 2.45) is 23.2 Å². The largest absolute Gasteiger partial charge is 0.573 e. The molecule has 1 aliphatic heterocycles. The van der Waals surface area contributed by atoms with Crippen LogP contribution in [0.1, 0.15) is 39.5 Å². The van der Waals surface area contributed by atoms with Crippen LogP contribution in [0.3, 0.4) is 0 Å². The van der Waals surface area contributed by atoms with Crippen LogP contribution in [-0.2, 0) is 14.4 Å². The van der Waals surface area contributed by atoms with E-state index in [1.54, 1.807) is 0 Å². The zero-order valence-electron chi connectivity index (χ0n) is 20.0. The molecule has 1 aromatic rings. The normalized spacial score (nSPS) is 27.1. The summed E-state index contributed by atoms with van der Waals surface area (Å²) in [6.07, 6.45) is -2.56. The summed E-state index contributed by atoms with van der Waals surface area (Å²) in [5.41, 5.74) is -0.127. The van der Waals surface area contributed by atoms with Crippen LogP contribution in [0.25, 0.3) is 0 Å². The second-order valence-electron chi connectivity index (χ2n) is 10.2. The first-order chi connectivity index (χ1) is 16.9. The molecule has 0 bridgehead atoms. The fourth-order valence-corrected chi connectivity index (χ4v) is 5.63. The summed E-state index contributed by atoms with van der Waals surface area (Å²) in [6.45, 7) is 4.03. The maximum atomic E-state index is 13.2. The summed E-state index contributed by atoms with van der Waals surface area (Å²) >= 11 is 0. The van der Waals surface area contributed by atoms with Gasteiger partial charge in [0.1, 0.15) is 29.4 Å². The molecule has 0 spiro atoms. The predicted octanol–water partition coefficient (Wildman–Crippen LogP) is 3.21. The Balaban J connectivity index is 1.37. The van der Waals surface area contributed by atoms with Gasteiger partial charge in [-0.2, -0.15) is 5.26 Å². The number of benzene rings is 1. The quantitative estimate of drug-likeness (QED) is 0.579. The summed E-state index contributed by atoms with van der Waals surface area (Å²) < 4.78 is 46.2. The zero-order valence-corrected chi connectivity index (χ0v) is 20.0. The number of likely N-dealkylation sites (tertiary alicyclic amines) is 1. The molecule has 2 amide bonds. The molecule has 0 aromatic heterocycles. The van der Waals surface area contributed by atoms with Crippen molar-refractivity contribution in [3.8, 4) is 17.6 Å². The highest BCUT2D eigenvalue weighted by Crippen LogP contribution is 2.64. The molecule has 1 N–H and O–H groups in total. The van der Waals surface area contributed by atoms with Crippen LogP contribution in [0.2, 0.25) is 0 Å². The lowest BCUT2D eigenvalue weighted by Gasteiger charge is -2.30. The summed E-state index contributed by atoms with van der Waals surface area (Å²) in [7, 11) is 0. The van der Waals surface area contributed by atoms with Crippen LogP contribution in [0.15, 0.2) is 24.3 Å². The molecule has 0 radical (unpaired) electrons. The fraction of sp³-hybridized carbons (Fsp3) is 0.600. The van der Waals surface area contributed by atoms with Gasteiger partial charge in [-0.05, 0) is 60.8 Å². The molecule has 194 valence electrons. The Labute approximate surface area is 206 Å². The molecule has 2 saturated carbocycles. The van der Waals surface area contributed by atoms with E-state index in [1.807, 2.05) is 13.8 Å². The first-order valence-corrected chi connectivity index (χ1v) is 11.9. The summed E-state index contributed by atoms with van der Waals surface area (Å²) in [4.78, 5) is 39.7. The van der Waals surface area contributed by atoms with E-state index in [2.05, 4.69) is 16.1 Å². The van der Waals surface area contributed by atoms with Gasteiger partial charge in [0.05, 0.1) is 6.07 Å². The Morgan fingerprint density at radius 2 is 1.92 bits per heavy atom. The van der Waals surface area contributed by atoms with E-state index in [4.69, 9.17) is 4.74 Å². The van der Waals surface area contributed by atoms with Crippen LogP contribution in [0.4, 0.5) is 13.2 Å². The predicted molar refractivity (Wildman–Crippen MR) is 119 cm³/mol. The van der Waals surface area contributed by atoms with Crippen LogP contribution >= 0.6 is 0 Å².